The summed E-state index contributed by atoms with van der Waals surface area (Å²) in [6, 6.07) is 4.00. The van der Waals surface area contributed by atoms with Gasteiger partial charge in [-0.15, -0.1) is 0 Å². The lowest BCUT2D eigenvalue weighted by molar-refractivity contribution is -0.136. The number of piperazine rings is 1. The van der Waals surface area contributed by atoms with Crippen molar-refractivity contribution >= 4 is 41.1 Å². The highest BCUT2D eigenvalue weighted by atomic mass is 16.2. The Morgan fingerprint density at radius 2 is 1.59 bits per heavy atom. The van der Waals surface area contributed by atoms with Crippen LogP contribution in [0.5, 0.6) is 0 Å². The fourth-order valence-electron chi connectivity index (χ4n) is 5.50. The van der Waals surface area contributed by atoms with E-state index in [1.54, 1.807) is 28.0 Å². The molecule has 3 saturated heterocycles. The van der Waals surface area contributed by atoms with Crippen LogP contribution in [0.2, 0.25) is 0 Å². The molecule has 0 saturated carbocycles. The van der Waals surface area contributed by atoms with E-state index in [0.717, 1.165) is 11.3 Å². The molecule has 4 aliphatic heterocycles. The molecule has 12 heteroatoms. The molecule has 12 nitrogen and oxygen atoms in total. The van der Waals surface area contributed by atoms with Gasteiger partial charge in [-0.25, -0.2) is 0 Å². The predicted molar refractivity (Wildman–Crippen MR) is 130 cm³/mol. The number of carbonyl (C=O) groups is 6. The second-order valence-corrected chi connectivity index (χ2v) is 9.90. The van der Waals surface area contributed by atoms with Gasteiger partial charge in [-0.1, -0.05) is 6.07 Å². The Balaban J connectivity index is 1.21. The maximum Gasteiger partial charge on any atom is 0.264 e. The molecule has 4 aliphatic rings. The standard InChI is InChI=1S/C25H30N6O6/c26-15-8-9-30(14-15)21(34)7-6-20(33)29-12-10-28(11-13-29)17-3-1-2-16-22(17)25(37)31(24(16)36)18-4-5-19(32)27-23(18)35/h1-3,15,18H,4-14,26H2,(H,27,32,35)/t15-,18?/m0/s1. The van der Waals surface area contributed by atoms with Crippen LogP contribution in [-0.2, 0) is 19.2 Å². The smallest absolute Gasteiger partial charge is 0.264 e. The van der Waals surface area contributed by atoms with Crippen molar-refractivity contribution in [2.75, 3.05) is 44.2 Å². The lowest BCUT2D eigenvalue weighted by Crippen LogP contribution is -2.54. The summed E-state index contributed by atoms with van der Waals surface area (Å²) in [5.41, 5.74) is 6.91. The van der Waals surface area contributed by atoms with E-state index in [-0.39, 0.29) is 54.7 Å². The number of nitrogens with two attached hydrogens (primary N) is 1. The summed E-state index contributed by atoms with van der Waals surface area (Å²) in [6.45, 7) is 2.92. The molecule has 0 aliphatic carbocycles. The van der Waals surface area contributed by atoms with Gasteiger partial charge in [0.15, 0.2) is 0 Å². The molecular formula is C25H30N6O6. The lowest BCUT2D eigenvalue weighted by Gasteiger charge is -2.37. The molecule has 2 atom stereocenters. The van der Waals surface area contributed by atoms with Gasteiger partial charge in [0.2, 0.25) is 23.6 Å². The van der Waals surface area contributed by atoms with Crippen LogP contribution in [-0.4, -0.2) is 101 Å². The number of rotatable bonds is 5. The average Bonchev–Trinajstić information content (AvgIpc) is 3.44. The molecular weight excluding hydrogens is 480 g/mol. The van der Waals surface area contributed by atoms with Gasteiger partial charge in [0.05, 0.1) is 16.8 Å². The van der Waals surface area contributed by atoms with E-state index < -0.39 is 29.7 Å². The number of anilines is 1. The van der Waals surface area contributed by atoms with Gasteiger partial charge in [-0.2, -0.15) is 0 Å². The number of nitrogens with one attached hydrogen (secondary N) is 1. The zero-order chi connectivity index (χ0) is 26.3. The van der Waals surface area contributed by atoms with Crippen LogP contribution in [0.1, 0.15) is 52.8 Å². The van der Waals surface area contributed by atoms with Crippen LogP contribution < -0.4 is 16.0 Å². The Kier molecular flexibility index (Phi) is 6.67. The van der Waals surface area contributed by atoms with Gasteiger partial charge < -0.3 is 20.4 Å². The number of hydrogen-bond acceptors (Lipinski definition) is 8. The molecule has 0 aromatic heterocycles. The van der Waals surface area contributed by atoms with E-state index >= 15 is 0 Å². The zero-order valence-electron chi connectivity index (χ0n) is 20.5. The summed E-state index contributed by atoms with van der Waals surface area (Å²) >= 11 is 0. The zero-order valence-corrected chi connectivity index (χ0v) is 20.5. The van der Waals surface area contributed by atoms with Crippen molar-refractivity contribution in [3.8, 4) is 0 Å². The molecule has 37 heavy (non-hydrogen) atoms. The summed E-state index contributed by atoms with van der Waals surface area (Å²) in [7, 11) is 0. The Morgan fingerprint density at radius 3 is 2.24 bits per heavy atom. The van der Waals surface area contributed by atoms with Crippen molar-refractivity contribution in [2.45, 2.75) is 44.2 Å². The fraction of sp³-hybridized carbons (Fsp3) is 0.520. The topological polar surface area (TPSA) is 153 Å². The molecule has 0 spiro atoms. The normalized spacial score (nSPS) is 24.0. The number of nitrogens with zero attached hydrogens (tertiary/aromatic N) is 4. The van der Waals surface area contributed by atoms with Gasteiger partial charge in [0.25, 0.3) is 11.8 Å². The molecule has 4 heterocycles. The number of piperidine rings is 1. The fourth-order valence-corrected chi connectivity index (χ4v) is 5.50. The van der Waals surface area contributed by atoms with Crippen LogP contribution in [0.3, 0.4) is 0 Å². The van der Waals surface area contributed by atoms with Crippen LogP contribution in [0, 0.1) is 0 Å². The first-order valence-electron chi connectivity index (χ1n) is 12.6. The maximum atomic E-state index is 13.4. The van der Waals surface area contributed by atoms with E-state index in [1.807, 2.05) is 4.90 Å². The second-order valence-electron chi connectivity index (χ2n) is 9.90. The third kappa shape index (κ3) is 4.68. The summed E-state index contributed by atoms with van der Waals surface area (Å²) in [5.74, 6) is -2.31. The minimum atomic E-state index is -1.02. The number of carbonyl (C=O) groups excluding carboxylic acids is 6. The summed E-state index contributed by atoms with van der Waals surface area (Å²) in [6.07, 6.45) is 1.23. The Morgan fingerprint density at radius 1 is 0.892 bits per heavy atom. The van der Waals surface area contributed by atoms with Crippen molar-refractivity contribution in [2.24, 2.45) is 5.73 Å². The Bertz CT molecular complexity index is 1180. The molecule has 0 bridgehead atoms. The monoisotopic (exact) mass is 510 g/mol. The van der Waals surface area contributed by atoms with Crippen molar-refractivity contribution in [3.05, 3.63) is 29.3 Å². The summed E-state index contributed by atoms with van der Waals surface area (Å²) in [4.78, 5) is 81.7. The van der Waals surface area contributed by atoms with Crippen molar-refractivity contribution in [3.63, 3.8) is 0 Å². The van der Waals surface area contributed by atoms with Crippen LogP contribution in [0.4, 0.5) is 5.69 Å². The highest BCUT2D eigenvalue weighted by Gasteiger charge is 2.46. The molecule has 5 rings (SSSR count). The first-order chi connectivity index (χ1) is 17.7. The average molecular weight is 511 g/mol. The minimum absolute atomic E-state index is 0.00504. The van der Waals surface area contributed by atoms with Gasteiger partial charge in [-0.05, 0) is 25.0 Å². The number of amides is 6. The number of hydrogen-bond donors (Lipinski definition) is 2. The third-order valence-corrected chi connectivity index (χ3v) is 7.55. The predicted octanol–water partition coefficient (Wildman–Crippen LogP) is -0.924. The lowest BCUT2D eigenvalue weighted by atomic mass is 10.0. The highest BCUT2D eigenvalue weighted by Crippen LogP contribution is 2.34. The van der Waals surface area contributed by atoms with Gasteiger partial charge in [0.1, 0.15) is 6.04 Å². The Hall–Kier alpha value is -3.80. The van der Waals surface area contributed by atoms with E-state index in [4.69, 9.17) is 5.73 Å². The largest absolute Gasteiger partial charge is 0.367 e. The highest BCUT2D eigenvalue weighted by molar-refractivity contribution is 6.25. The molecule has 1 aromatic rings. The number of imide groups is 2. The second kappa shape index (κ2) is 9.92. The molecule has 6 amide bonds. The first kappa shape index (κ1) is 24.9. The van der Waals surface area contributed by atoms with E-state index in [1.165, 1.54) is 0 Å². The molecule has 3 fully saturated rings. The number of fused-ring (bicyclic) bond motifs is 1. The molecule has 1 unspecified atom stereocenters. The maximum absolute atomic E-state index is 13.4. The minimum Gasteiger partial charge on any atom is -0.367 e. The van der Waals surface area contributed by atoms with Crippen LogP contribution in [0.15, 0.2) is 18.2 Å². The van der Waals surface area contributed by atoms with Gasteiger partial charge >= 0.3 is 0 Å². The van der Waals surface area contributed by atoms with E-state index in [0.29, 0.717) is 45.0 Å². The van der Waals surface area contributed by atoms with E-state index in [2.05, 4.69) is 5.32 Å². The Labute approximate surface area is 213 Å². The van der Waals surface area contributed by atoms with Crippen molar-refractivity contribution < 1.29 is 28.8 Å². The molecule has 196 valence electrons. The molecule has 0 radical (unpaired) electrons. The van der Waals surface area contributed by atoms with Crippen molar-refractivity contribution in [1.82, 2.24) is 20.0 Å². The van der Waals surface area contributed by atoms with Crippen molar-refractivity contribution in [1.29, 1.82) is 0 Å². The number of likely N-dealkylation sites (tertiary alicyclic amines) is 1. The molecule has 1 aromatic carbocycles. The van der Waals surface area contributed by atoms with Gasteiger partial charge in [0, 0.05) is 64.6 Å². The van der Waals surface area contributed by atoms with Gasteiger partial charge in [-0.3, -0.25) is 39.0 Å². The van der Waals surface area contributed by atoms with E-state index in [9.17, 15) is 28.8 Å². The molecule has 3 N–H and O–H groups in total. The summed E-state index contributed by atoms with van der Waals surface area (Å²) in [5, 5.41) is 2.20. The SMILES string of the molecule is N[C@H]1CCN(C(=O)CCC(=O)N2CCN(c3cccc4c3C(=O)N(C3CCC(=O)NC3=O)C4=O)CC2)C1. The third-order valence-electron chi connectivity index (χ3n) is 7.55. The number of benzene rings is 1. The van der Waals surface area contributed by atoms with Crippen LogP contribution in [0.25, 0.3) is 0 Å². The quantitative estimate of drug-likeness (QED) is 0.482. The first-order valence-corrected chi connectivity index (χ1v) is 12.6. The summed E-state index contributed by atoms with van der Waals surface area (Å²) < 4.78 is 0. The van der Waals surface area contributed by atoms with Crippen LogP contribution >= 0.6 is 0 Å².